The fourth-order valence-electron chi connectivity index (χ4n) is 4.98. The molecule has 37 heavy (non-hydrogen) atoms. The number of allylic oxidation sites excluding steroid dienone is 3. The second-order valence-electron chi connectivity index (χ2n) is 9.63. The maximum absolute atomic E-state index is 13.7. The van der Waals surface area contributed by atoms with Gasteiger partial charge in [0.15, 0.2) is 5.78 Å². The molecule has 4 rings (SSSR count). The van der Waals surface area contributed by atoms with Gasteiger partial charge in [-0.1, -0.05) is 13.8 Å². The summed E-state index contributed by atoms with van der Waals surface area (Å²) in [6.07, 6.45) is -4.14. The van der Waals surface area contributed by atoms with Gasteiger partial charge in [0.05, 0.1) is 31.8 Å². The SMILES string of the molecule is COc1ccc(OC)c(C2C(C#N)=C(N)N(c3ccc(OC(F)(F)F)cc3)C3=C2C(=O)CC(C)(C)C3)c1. The van der Waals surface area contributed by atoms with E-state index in [0.29, 0.717) is 40.4 Å². The van der Waals surface area contributed by atoms with E-state index in [1.165, 1.54) is 26.4 Å². The van der Waals surface area contributed by atoms with Gasteiger partial charge in [0.25, 0.3) is 0 Å². The summed E-state index contributed by atoms with van der Waals surface area (Å²) >= 11 is 0. The number of rotatable bonds is 5. The van der Waals surface area contributed by atoms with Crippen molar-refractivity contribution in [2.45, 2.75) is 39.0 Å². The van der Waals surface area contributed by atoms with Crippen LogP contribution in [0.1, 0.15) is 38.2 Å². The van der Waals surface area contributed by atoms with E-state index in [4.69, 9.17) is 15.2 Å². The van der Waals surface area contributed by atoms with Crippen molar-refractivity contribution in [2.24, 2.45) is 11.1 Å². The average molecular weight is 514 g/mol. The molecule has 7 nitrogen and oxygen atoms in total. The molecule has 0 radical (unpaired) electrons. The first-order valence-electron chi connectivity index (χ1n) is 11.4. The van der Waals surface area contributed by atoms with Crippen molar-refractivity contribution in [2.75, 3.05) is 19.1 Å². The summed E-state index contributed by atoms with van der Waals surface area (Å²) in [5.41, 5.74) is 8.22. The summed E-state index contributed by atoms with van der Waals surface area (Å²) in [6, 6.07) is 12.4. The highest BCUT2D eigenvalue weighted by molar-refractivity contribution is 6.02. The second kappa shape index (κ2) is 9.39. The molecule has 194 valence electrons. The lowest BCUT2D eigenvalue weighted by Gasteiger charge is -2.44. The van der Waals surface area contributed by atoms with Gasteiger partial charge < -0.3 is 19.9 Å². The molecule has 0 saturated carbocycles. The van der Waals surface area contributed by atoms with Crippen LogP contribution < -0.4 is 24.8 Å². The van der Waals surface area contributed by atoms with Crippen LogP contribution in [0.3, 0.4) is 0 Å². The van der Waals surface area contributed by atoms with Gasteiger partial charge in [0.2, 0.25) is 0 Å². The Morgan fingerprint density at radius 3 is 2.27 bits per heavy atom. The largest absolute Gasteiger partial charge is 0.573 e. The molecule has 1 aliphatic carbocycles. The zero-order valence-corrected chi connectivity index (χ0v) is 20.8. The van der Waals surface area contributed by atoms with E-state index < -0.39 is 23.4 Å². The first-order valence-corrected chi connectivity index (χ1v) is 11.4. The molecule has 10 heteroatoms. The maximum atomic E-state index is 13.7. The lowest BCUT2D eigenvalue weighted by Crippen LogP contribution is -2.42. The maximum Gasteiger partial charge on any atom is 0.573 e. The van der Waals surface area contributed by atoms with Crippen molar-refractivity contribution < 1.29 is 32.2 Å². The number of nitriles is 1. The number of carbonyl (C=O) groups excluding carboxylic acids is 1. The number of anilines is 1. The van der Waals surface area contributed by atoms with Crippen molar-refractivity contribution in [3.8, 4) is 23.3 Å². The summed E-state index contributed by atoms with van der Waals surface area (Å²) in [5, 5.41) is 10.2. The van der Waals surface area contributed by atoms with Crippen molar-refractivity contribution in [3.63, 3.8) is 0 Å². The van der Waals surface area contributed by atoms with Gasteiger partial charge in [-0.3, -0.25) is 9.69 Å². The highest BCUT2D eigenvalue weighted by atomic mass is 19.4. The van der Waals surface area contributed by atoms with Gasteiger partial charge in [-0.25, -0.2) is 0 Å². The number of benzene rings is 2. The lowest BCUT2D eigenvalue weighted by atomic mass is 9.68. The van der Waals surface area contributed by atoms with Crippen LogP contribution in [-0.4, -0.2) is 26.4 Å². The Kier molecular flexibility index (Phi) is 6.59. The molecule has 0 spiro atoms. The average Bonchev–Trinajstić information content (AvgIpc) is 2.82. The molecule has 2 aromatic carbocycles. The summed E-state index contributed by atoms with van der Waals surface area (Å²) < 4.78 is 52.9. The second-order valence-corrected chi connectivity index (χ2v) is 9.63. The topological polar surface area (TPSA) is 97.8 Å². The third kappa shape index (κ3) is 4.94. The molecule has 2 N–H and O–H groups in total. The Balaban J connectivity index is 1.94. The molecule has 2 aliphatic rings. The van der Waals surface area contributed by atoms with E-state index in [9.17, 15) is 23.2 Å². The van der Waals surface area contributed by atoms with Gasteiger partial charge >= 0.3 is 6.36 Å². The molecule has 0 aromatic heterocycles. The summed E-state index contributed by atoms with van der Waals surface area (Å²) in [6.45, 7) is 3.90. The monoisotopic (exact) mass is 513 g/mol. The summed E-state index contributed by atoms with van der Waals surface area (Å²) in [5.74, 6) is -0.310. The Labute approximate surface area is 212 Å². The molecule has 1 aliphatic heterocycles. The molecule has 2 aromatic rings. The van der Waals surface area contributed by atoms with E-state index >= 15 is 0 Å². The van der Waals surface area contributed by atoms with Gasteiger partial charge in [-0.15, -0.1) is 13.2 Å². The predicted molar refractivity (Wildman–Crippen MR) is 130 cm³/mol. The van der Waals surface area contributed by atoms with Crippen molar-refractivity contribution >= 4 is 11.5 Å². The first-order chi connectivity index (χ1) is 17.4. The number of Topliss-reactive ketones (excluding diaryl/α,β-unsaturated/α-hetero) is 1. The lowest BCUT2D eigenvalue weighted by molar-refractivity contribution is -0.274. The van der Waals surface area contributed by atoms with Crippen LogP contribution in [0.2, 0.25) is 0 Å². The van der Waals surface area contributed by atoms with Crippen LogP contribution in [0.25, 0.3) is 0 Å². The third-order valence-corrected chi connectivity index (χ3v) is 6.46. The number of nitrogens with two attached hydrogens (primary N) is 1. The van der Waals surface area contributed by atoms with Crippen LogP contribution in [0, 0.1) is 16.7 Å². The molecule has 1 atom stereocenters. The standard InChI is InChI=1S/C27H26F3N3O4/c1-26(2)12-20-24(21(34)13-26)23(18-11-17(35-3)9-10-22(18)36-4)19(14-31)25(32)33(20)15-5-7-16(8-6-15)37-27(28,29)30/h5-11,23H,12-13,32H2,1-4H3. The Morgan fingerprint density at radius 2 is 1.70 bits per heavy atom. The van der Waals surface area contributed by atoms with Crippen LogP contribution in [0.4, 0.5) is 18.9 Å². The first kappa shape index (κ1) is 25.9. The van der Waals surface area contributed by atoms with Crippen molar-refractivity contribution in [1.82, 2.24) is 0 Å². The summed E-state index contributed by atoms with van der Waals surface area (Å²) in [7, 11) is 3.00. The van der Waals surface area contributed by atoms with E-state index in [0.717, 1.165) is 12.1 Å². The van der Waals surface area contributed by atoms with E-state index in [2.05, 4.69) is 10.8 Å². The molecule has 0 bridgehead atoms. The molecule has 0 amide bonds. The number of carbonyl (C=O) groups is 1. The quantitative estimate of drug-likeness (QED) is 0.560. The number of methoxy groups -OCH3 is 2. The van der Waals surface area contributed by atoms with Gasteiger partial charge in [-0.05, 0) is 54.3 Å². The Hall–Kier alpha value is -4.13. The number of ether oxygens (including phenoxy) is 3. The molecular formula is C27H26F3N3O4. The molecule has 0 fully saturated rings. The summed E-state index contributed by atoms with van der Waals surface area (Å²) in [4.78, 5) is 15.2. The normalized spacial score (nSPS) is 19.4. The van der Waals surface area contributed by atoms with Crippen LogP contribution >= 0.6 is 0 Å². The smallest absolute Gasteiger partial charge is 0.497 e. The van der Waals surface area contributed by atoms with Gasteiger partial charge in [0.1, 0.15) is 23.1 Å². The minimum atomic E-state index is -4.84. The third-order valence-electron chi connectivity index (χ3n) is 6.46. The molecule has 1 heterocycles. The number of halogens is 3. The zero-order valence-electron chi connectivity index (χ0n) is 20.8. The minimum Gasteiger partial charge on any atom is -0.497 e. The zero-order chi connectivity index (χ0) is 27.1. The van der Waals surface area contributed by atoms with Crippen LogP contribution in [0.5, 0.6) is 17.2 Å². The fourth-order valence-corrected chi connectivity index (χ4v) is 4.98. The van der Waals surface area contributed by atoms with E-state index in [1.54, 1.807) is 23.1 Å². The predicted octanol–water partition coefficient (Wildman–Crippen LogP) is 5.54. The number of ketones is 1. The fraction of sp³-hybridized carbons (Fsp3) is 0.333. The highest BCUT2D eigenvalue weighted by Crippen LogP contribution is 2.52. The van der Waals surface area contributed by atoms with Crippen LogP contribution in [0.15, 0.2) is 65.1 Å². The van der Waals surface area contributed by atoms with E-state index in [1.807, 2.05) is 13.8 Å². The molecular weight excluding hydrogens is 487 g/mol. The highest BCUT2D eigenvalue weighted by Gasteiger charge is 2.45. The van der Waals surface area contributed by atoms with Crippen LogP contribution in [-0.2, 0) is 4.79 Å². The number of alkyl halides is 3. The Morgan fingerprint density at radius 1 is 1.05 bits per heavy atom. The van der Waals surface area contributed by atoms with Crippen molar-refractivity contribution in [3.05, 3.63) is 70.7 Å². The number of nitrogens with zero attached hydrogens (tertiary/aromatic N) is 2. The Bertz CT molecular complexity index is 1340. The number of hydrogen-bond donors (Lipinski definition) is 1. The van der Waals surface area contributed by atoms with E-state index in [-0.39, 0.29) is 23.6 Å². The molecule has 1 unspecified atom stereocenters. The van der Waals surface area contributed by atoms with Gasteiger partial charge in [0, 0.05) is 28.9 Å². The van der Waals surface area contributed by atoms with Gasteiger partial charge in [-0.2, -0.15) is 5.26 Å². The minimum absolute atomic E-state index is 0.0751. The van der Waals surface area contributed by atoms with Crippen molar-refractivity contribution in [1.29, 1.82) is 5.26 Å². The molecule has 0 saturated heterocycles. The number of hydrogen-bond acceptors (Lipinski definition) is 7.